The van der Waals surface area contributed by atoms with Crippen LogP contribution in [0.15, 0.2) is 18.2 Å². The fourth-order valence-corrected chi connectivity index (χ4v) is 3.02. The van der Waals surface area contributed by atoms with Crippen LogP contribution < -0.4 is 5.32 Å². The van der Waals surface area contributed by atoms with Crippen LogP contribution in [0.25, 0.3) is 0 Å². The Morgan fingerprint density at radius 2 is 2.05 bits per heavy atom. The van der Waals surface area contributed by atoms with Gasteiger partial charge in [0.05, 0.1) is 0 Å². The Labute approximate surface area is 120 Å². The molecule has 1 amide bonds. The molecule has 19 heavy (non-hydrogen) atoms. The molecule has 0 radical (unpaired) electrons. The maximum absolute atomic E-state index is 11.9. The zero-order valence-electron chi connectivity index (χ0n) is 11.5. The molecule has 0 spiro atoms. The second-order valence-electron chi connectivity index (χ2n) is 5.55. The van der Waals surface area contributed by atoms with Crippen LogP contribution in [0.5, 0.6) is 0 Å². The van der Waals surface area contributed by atoms with Crippen LogP contribution in [0.1, 0.15) is 50.5 Å². The Kier molecular flexibility index (Phi) is 5.26. The average molecular weight is 280 g/mol. The molecule has 0 aliphatic heterocycles. The number of carbonyl (C=O) groups is 1. The Balaban J connectivity index is 1.80. The number of rotatable bonds is 4. The van der Waals surface area contributed by atoms with Gasteiger partial charge < -0.3 is 5.32 Å². The van der Waals surface area contributed by atoms with Crippen molar-refractivity contribution in [3.05, 3.63) is 28.8 Å². The lowest BCUT2D eigenvalue weighted by Crippen LogP contribution is -2.15. The Morgan fingerprint density at radius 3 is 2.74 bits per heavy atom. The molecule has 2 nitrogen and oxygen atoms in total. The topological polar surface area (TPSA) is 29.1 Å². The van der Waals surface area contributed by atoms with Crippen molar-refractivity contribution in [1.29, 1.82) is 0 Å². The van der Waals surface area contributed by atoms with E-state index in [1.54, 1.807) is 0 Å². The van der Waals surface area contributed by atoms with Gasteiger partial charge in [-0.05, 0) is 43.0 Å². The fraction of sp³-hybridized carbons (Fsp3) is 0.562. The van der Waals surface area contributed by atoms with E-state index in [1.165, 1.54) is 32.1 Å². The lowest BCUT2D eigenvalue weighted by molar-refractivity contribution is -0.116. The van der Waals surface area contributed by atoms with Gasteiger partial charge in [-0.2, -0.15) is 0 Å². The smallest absolute Gasteiger partial charge is 0.224 e. The van der Waals surface area contributed by atoms with Gasteiger partial charge in [0, 0.05) is 17.1 Å². The molecule has 1 N–H and O–H groups in total. The van der Waals surface area contributed by atoms with E-state index in [0.29, 0.717) is 11.4 Å². The number of amides is 1. The second kappa shape index (κ2) is 6.95. The van der Waals surface area contributed by atoms with E-state index in [9.17, 15) is 4.79 Å². The average Bonchev–Trinajstić information content (AvgIpc) is 2.41. The van der Waals surface area contributed by atoms with E-state index in [1.807, 2.05) is 25.1 Å². The van der Waals surface area contributed by atoms with Gasteiger partial charge in [0.2, 0.25) is 5.91 Å². The molecule has 104 valence electrons. The standard InChI is InChI=1S/C16H22ClNO/c1-12-11-14(17)8-9-15(12)18-16(19)10-7-13-5-3-2-4-6-13/h8-9,11,13H,2-7,10H2,1H3,(H,18,19). The number of benzene rings is 1. The predicted octanol–water partition coefficient (Wildman–Crippen LogP) is 4.95. The molecule has 3 heteroatoms. The van der Waals surface area contributed by atoms with Crippen molar-refractivity contribution in [2.24, 2.45) is 5.92 Å². The highest BCUT2D eigenvalue weighted by atomic mass is 35.5. The molecule has 0 atom stereocenters. The van der Waals surface area contributed by atoms with Crippen molar-refractivity contribution in [3.63, 3.8) is 0 Å². The number of hydrogen-bond acceptors (Lipinski definition) is 1. The van der Waals surface area contributed by atoms with E-state index >= 15 is 0 Å². The first kappa shape index (κ1) is 14.4. The normalized spacial score (nSPS) is 16.3. The molecule has 0 heterocycles. The van der Waals surface area contributed by atoms with E-state index in [0.717, 1.165) is 23.6 Å². The summed E-state index contributed by atoms with van der Waals surface area (Å²) in [7, 11) is 0. The van der Waals surface area contributed by atoms with Gasteiger partial charge in [0.15, 0.2) is 0 Å². The minimum atomic E-state index is 0.121. The highest BCUT2D eigenvalue weighted by Gasteiger charge is 2.15. The summed E-state index contributed by atoms with van der Waals surface area (Å²) in [4.78, 5) is 11.9. The number of nitrogens with one attached hydrogen (secondary N) is 1. The monoisotopic (exact) mass is 279 g/mol. The molecular formula is C16H22ClNO. The molecule has 1 saturated carbocycles. The second-order valence-corrected chi connectivity index (χ2v) is 5.99. The van der Waals surface area contributed by atoms with E-state index in [-0.39, 0.29) is 5.91 Å². The lowest BCUT2D eigenvalue weighted by atomic mass is 9.86. The summed E-state index contributed by atoms with van der Waals surface area (Å²) >= 11 is 5.90. The van der Waals surface area contributed by atoms with E-state index in [4.69, 9.17) is 11.6 Å². The van der Waals surface area contributed by atoms with Crippen LogP contribution in [0.2, 0.25) is 5.02 Å². The molecule has 0 bridgehead atoms. The number of hydrogen-bond donors (Lipinski definition) is 1. The highest BCUT2D eigenvalue weighted by molar-refractivity contribution is 6.30. The van der Waals surface area contributed by atoms with Crippen molar-refractivity contribution in [3.8, 4) is 0 Å². The first-order valence-electron chi connectivity index (χ1n) is 7.21. The molecular weight excluding hydrogens is 258 g/mol. The van der Waals surface area contributed by atoms with Crippen molar-refractivity contribution in [1.82, 2.24) is 0 Å². The van der Waals surface area contributed by atoms with Crippen LogP contribution in [0, 0.1) is 12.8 Å². The molecule has 0 aromatic heterocycles. The van der Waals surface area contributed by atoms with Gasteiger partial charge in [0.1, 0.15) is 0 Å². The largest absolute Gasteiger partial charge is 0.326 e. The first-order chi connectivity index (χ1) is 9.15. The summed E-state index contributed by atoms with van der Waals surface area (Å²) in [5, 5.41) is 3.69. The molecule has 1 fully saturated rings. The zero-order valence-corrected chi connectivity index (χ0v) is 12.3. The summed E-state index contributed by atoms with van der Waals surface area (Å²) in [5.41, 5.74) is 1.89. The van der Waals surface area contributed by atoms with E-state index in [2.05, 4.69) is 5.32 Å². The zero-order chi connectivity index (χ0) is 13.7. The van der Waals surface area contributed by atoms with Gasteiger partial charge in [-0.25, -0.2) is 0 Å². The van der Waals surface area contributed by atoms with Crippen LogP contribution in [0.4, 0.5) is 5.69 Å². The summed E-state index contributed by atoms with van der Waals surface area (Å²) < 4.78 is 0. The van der Waals surface area contributed by atoms with Crippen LogP contribution in [0.3, 0.4) is 0 Å². The van der Waals surface area contributed by atoms with Gasteiger partial charge >= 0.3 is 0 Å². The number of halogens is 1. The minimum Gasteiger partial charge on any atom is -0.326 e. The molecule has 0 saturated heterocycles. The Bertz CT molecular complexity index is 438. The van der Waals surface area contributed by atoms with Gasteiger partial charge in [-0.1, -0.05) is 43.7 Å². The lowest BCUT2D eigenvalue weighted by Gasteiger charge is -2.21. The molecule has 1 aliphatic carbocycles. The quantitative estimate of drug-likeness (QED) is 0.830. The summed E-state index contributed by atoms with van der Waals surface area (Å²) in [6, 6.07) is 5.56. The number of aryl methyl sites for hydroxylation is 1. The van der Waals surface area contributed by atoms with Crippen molar-refractivity contribution in [2.45, 2.75) is 51.9 Å². The van der Waals surface area contributed by atoms with Crippen LogP contribution in [-0.2, 0) is 4.79 Å². The van der Waals surface area contributed by atoms with Crippen LogP contribution >= 0.6 is 11.6 Å². The van der Waals surface area contributed by atoms with Gasteiger partial charge in [-0.3, -0.25) is 4.79 Å². The van der Waals surface area contributed by atoms with Crippen molar-refractivity contribution in [2.75, 3.05) is 5.32 Å². The molecule has 1 aromatic carbocycles. The summed E-state index contributed by atoms with van der Waals surface area (Å²) in [6.45, 7) is 1.96. The first-order valence-corrected chi connectivity index (χ1v) is 7.59. The third-order valence-corrected chi connectivity index (χ3v) is 4.20. The predicted molar refractivity (Wildman–Crippen MR) is 80.6 cm³/mol. The fourth-order valence-electron chi connectivity index (χ4n) is 2.79. The highest BCUT2D eigenvalue weighted by Crippen LogP contribution is 2.27. The van der Waals surface area contributed by atoms with Crippen molar-refractivity contribution < 1.29 is 4.79 Å². The number of anilines is 1. The third kappa shape index (κ3) is 4.54. The van der Waals surface area contributed by atoms with Gasteiger partial charge in [-0.15, -0.1) is 0 Å². The maximum Gasteiger partial charge on any atom is 0.224 e. The minimum absolute atomic E-state index is 0.121. The van der Waals surface area contributed by atoms with Crippen molar-refractivity contribution >= 4 is 23.2 Å². The molecule has 2 rings (SSSR count). The molecule has 1 aliphatic rings. The Morgan fingerprint density at radius 1 is 1.32 bits per heavy atom. The van der Waals surface area contributed by atoms with E-state index < -0.39 is 0 Å². The van der Waals surface area contributed by atoms with Gasteiger partial charge in [0.25, 0.3) is 0 Å². The summed E-state index contributed by atoms with van der Waals surface area (Å²) in [6.07, 6.45) is 8.30. The summed E-state index contributed by atoms with van der Waals surface area (Å²) in [5.74, 6) is 0.877. The third-order valence-electron chi connectivity index (χ3n) is 3.97. The number of carbonyl (C=O) groups excluding carboxylic acids is 1. The maximum atomic E-state index is 11.9. The molecule has 1 aromatic rings. The molecule has 0 unspecified atom stereocenters. The Hall–Kier alpha value is -1.02. The SMILES string of the molecule is Cc1cc(Cl)ccc1NC(=O)CCC1CCCCC1. The van der Waals surface area contributed by atoms with Crippen LogP contribution in [-0.4, -0.2) is 5.91 Å².